The molecular weight excluding hydrogens is 268 g/mol. The van der Waals surface area contributed by atoms with Crippen LogP contribution in [0, 0.1) is 0 Å². The molecule has 1 aliphatic carbocycles. The van der Waals surface area contributed by atoms with E-state index in [0.717, 1.165) is 0 Å². The SMILES string of the molecule is CN(C)c1nc(N)nc(CN(CCO)C2CCCCC2)n1. The highest BCUT2D eigenvalue weighted by Crippen LogP contribution is 2.23. The second kappa shape index (κ2) is 7.51. The lowest BCUT2D eigenvalue weighted by Gasteiger charge is -2.33. The van der Waals surface area contributed by atoms with E-state index in [-0.39, 0.29) is 12.6 Å². The van der Waals surface area contributed by atoms with E-state index >= 15 is 0 Å². The summed E-state index contributed by atoms with van der Waals surface area (Å²) in [4.78, 5) is 16.9. The van der Waals surface area contributed by atoms with E-state index in [4.69, 9.17) is 5.73 Å². The van der Waals surface area contributed by atoms with Crippen molar-refractivity contribution in [3.05, 3.63) is 5.82 Å². The zero-order chi connectivity index (χ0) is 15.2. The molecule has 0 unspecified atom stereocenters. The Labute approximate surface area is 126 Å². The number of hydrogen-bond acceptors (Lipinski definition) is 7. The van der Waals surface area contributed by atoms with Crippen LogP contribution in [-0.2, 0) is 6.54 Å². The highest BCUT2D eigenvalue weighted by atomic mass is 16.3. The molecule has 21 heavy (non-hydrogen) atoms. The van der Waals surface area contributed by atoms with Crippen molar-refractivity contribution in [1.82, 2.24) is 19.9 Å². The monoisotopic (exact) mass is 294 g/mol. The number of nitrogen functional groups attached to an aromatic ring is 1. The molecule has 0 aromatic carbocycles. The minimum atomic E-state index is 0.150. The fraction of sp³-hybridized carbons (Fsp3) is 0.786. The first-order chi connectivity index (χ1) is 10.1. The summed E-state index contributed by atoms with van der Waals surface area (Å²) < 4.78 is 0. The lowest BCUT2D eigenvalue weighted by atomic mass is 9.94. The number of aliphatic hydroxyl groups excluding tert-OH is 1. The maximum absolute atomic E-state index is 9.31. The summed E-state index contributed by atoms with van der Waals surface area (Å²) in [6, 6.07) is 0.506. The molecule has 0 atom stereocenters. The highest BCUT2D eigenvalue weighted by Gasteiger charge is 2.22. The van der Waals surface area contributed by atoms with E-state index in [1.54, 1.807) is 0 Å². The second-order valence-corrected chi connectivity index (χ2v) is 5.79. The standard InChI is InChI=1S/C14H26N6O/c1-19(2)14-17-12(16-13(15)18-14)10-20(8-9-21)11-6-4-3-5-7-11/h11,21H,3-10H2,1-2H3,(H2,15,16,17,18). The van der Waals surface area contributed by atoms with Crippen LogP contribution < -0.4 is 10.6 Å². The molecule has 2 rings (SSSR count). The molecule has 0 saturated heterocycles. The molecule has 7 nitrogen and oxygen atoms in total. The number of hydrogen-bond donors (Lipinski definition) is 2. The van der Waals surface area contributed by atoms with Gasteiger partial charge in [0.15, 0.2) is 0 Å². The molecule has 1 aromatic rings. The summed E-state index contributed by atoms with van der Waals surface area (Å²) in [5, 5.41) is 9.31. The summed E-state index contributed by atoms with van der Waals surface area (Å²) in [7, 11) is 3.76. The summed E-state index contributed by atoms with van der Waals surface area (Å²) in [5.41, 5.74) is 5.77. The van der Waals surface area contributed by atoms with Gasteiger partial charge < -0.3 is 15.7 Å². The third-order valence-corrected chi connectivity index (χ3v) is 3.91. The molecular formula is C14H26N6O. The van der Waals surface area contributed by atoms with Crippen molar-refractivity contribution in [1.29, 1.82) is 0 Å². The van der Waals surface area contributed by atoms with Crippen LogP contribution in [0.2, 0.25) is 0 Å². The Kier molecular flexibility index (Phi) is 5.69. The number of nitrogens with zero attached hydrogens (tertiary/aromatic N) is 5. The first-order valence-electron chi connectivity index (χ1n) is 7.63. The van der Waals surface area contributed by atoms with Crippen molar-refractivity contribution < 1.29 is 5.11 Å². The van der Waals surface area contributed by atoms with E-state index in [2.05, 4.69) is 19.9 Å². The second-order valence-electron chi connectivity index (χ2n) is 5.79. The van der Waals surface area contributed by atoms with E-state index in [1.165, 1.54) is 32.1 Å². The fourth-order valence-corrected chi connectivity index (χ4v) is 2.84. The number of aromatic nitrogens is 3. The summed E-state index contributed by atoms with van der Waals surface area (Å²) in [6.07, 6.45) is 6.19. The van der Waals surface area contributed by atoms with Crippen molar-refractivity contribution in [2.24, 2.45) is 0 Å². The molecule has 1 aromatic heterocycles. The van der Waals surface area contributed by atoms with Gasteiger partial charge in [0.25, 0.3) is 0 Å². The number of rotatable bonds is 6. The van der Waals surface area contributed by atoms with Crippen LogP contribution in [0.3, 0.4) is 0 Å². The number of anilines is 2. The van der Waals surface area contributed by atoms with E-state index in [0.29, 0.717) is 30.9 Å². The molecule has 1 saturated carbocycles. The largest absolute Gasteiger partial charge is 0.395 e. The van der Waals surface area contributed by atoms with Gasteiger partial charge in [-0.2, -0.15) is 15.0 Å². The molecule has 118 valence electrons. The summed E-state index contributed by atoms with van der Waals surface area (Å²) >= 11 is 0. The summed E-state index contributed by atoms with van der Waals surface area (Å²) in [5.74, 6) is 1.49. The average Bonchev–Trinajstić information content (AvgIpc) is 2.47. The van der Waals surface area contributed by atoms with Crippen molar-refractivity contribution >= 4 is 11.9 Å². The predicted octanol–water partition coefficient (Wildman–Crippen LogP) is 0.647. The predicted molar refractivity (Wildman–Crippen MR) is 82.9 cm³/mol. The Morgan fingerprint density at radius 2 is 1.86 bits per heavy atom. The van der Waals surface area contributed by atoms with Gasteiger partial charge in [-0.05, 0) is 12.8 Å². The van der Waals surface area contributed by atoms with Gasteiger partial charge >= 0.3 is 0 Å². The smallest absolute Gasteiger partial charge is 0.229 e. The minimum absolute atomic E-state index is 0.150. The summed E-state index contributed by atoms with van der Waals surface area (Å²) in [6.45, 7) is 1.41. The highest BCUT2D eigenvalue weighted by molar-refractivity contribution is 5.32. The molecule has 1 heterocycles. The van der Waals surface area contributed by atoms with Crippen LogP contribution in [0.25, 0.3) is 0 Å². The molecule has 3 N–H and O–H groups in total. The third kappa shape index (κ3) is 4.50. The van der Waals surface area contributed by atoms with Crippen LogP contribution in [0.15, 0.2) is 0 Å². The van der Waals surface area contributed by atoms with Crippen molar-refractivity contribution in [2.75, 3.05) is 37.9 Å². The van der Waals surface area contributed by atoms with E-state index in [9.17, 15) is 5.11 Å². The molecule has 0 radical (unpaired) electrons. The zero-order valence-corrected chi connectivity index (χ0v) is 13.0. The van der Waals surface area contributed by atoms with Crippen LogP contribution in [-0.4, -0.2) is 58.2 Å². The number of nitrogens with two attached hydrogens (primary N) is 1. The number of aliphatic hydroxyl groups is 1. The molecule has 0 bridgehead atoms. The molecule has 7 heteroatoms. The van der Waals surface area contributed by atoms with Crippen molar-refractivity contribution in [2.45, 2.75) is 44.7 Å². The van der Waals surface area contributed by atoms with Gasteiger partial charge in [-0.25, -0.2) is 0 Å². The Morgan fingerprint density at radius 3 is 2.48 bits per heavy atom. The van der Waals surface area contributed by atoms with Crippen LogP contribution in [0.1, 0.15) is 37.9 Å². The zero-order valence-electron chi connectivity index (χ0n) is 13.0. The molecule has 1 fully saturated rings. The quantitative estimate of drug-likeness (QED) is 0.795. The van der Waals surface area contributed by atoms with Gasteiger partial charge in [-0.1, -0.05) is 19.3 Å². The Hall–Kier alpha value is -1.47. The minimum Gasteiger partial charge on any atom is -0.395 e. The Balaban J connectivity index is 2.11. The molecule has 0 spiro atoms. The van der Waals surface area contributed by atoms with Gasteiger partial charge in [-0.15, -0.1) is 0 Å². The van der Waals surface area contributed by atoms with Crippen molar-refractivity contribution in [3.63, 3.8) is 0 Å². The maximum atomic E-state index is 9.31. The van der Waals surface area contributed by atoms with Gasteiger partial charge in [-0.3, -0.25) is 4.90 Å². The lowest BCUT2D eigenvalue weighted by Crippen LogP contribution is -2.38. The van der Waals surface area contributed by atoms with Crippen LogP contribution in [0.4, 0.5) is 11.9 Å². The van der Waals surface area contributed by atoms with Crippen LogP contribution in [0.5, 0.6) is 0 Å². The van der Waals surface area contributed by atoms with Gasteiger partial charge in [0.1, 0.15) is 5.82 Å². The van der Waals surface area contributed by atoms with Crippen molar-refractivity contribution in [3.8, 4) is 0 Å². The normalized spacial score (nSPS) is 16.4. The Bertz CT molecular complexity index is 447. The van der Waals surface area contributed by atoms with E-state index in [1.807, 2.05) is 19.0 Å². The third-order valence-electron chi connectivity index (χ3n) is 3.91. The van der Waals surface area contributed by atoms with E-state index < -0.39 is 0 Å². The topological polar surface area (TPSA) is 91.4 Å². The first-order valence-corrected chi connectivity index (χ1v) is 7.63. The van der Waals surface area contributed by atoms with Gasteiger partial charge in [0, 0.05) is 26.7 Å². The van der Waals surface area contributed by atoms with Gasteiger partial charge in [0.2, 0.25) is 11.9 Å². The lowest BCUT2D eigenvalue weighted by molar-refractivity contribution is 0.114. The van der Waals surface area contributed by atoms with Gasteiger partial charge in [0.05, 0.1) is 13.2 Å². The molecule has 0 amide bonds. The Morgan fingerprint density at radius 1 is 1.14 bits per heavy atom. The molecule has 0 aliphatic heterocycles. The fourth-order valence-electron chi connectivity index (χ4n) is 2.84. The molecule has 1 aliphatic rings. The first kappa shape index (κ1) is 15.9. The maximum Gasteiger partial charge on any atom is 0.229 e. The van der Waals surface area contributed by atoms with Crippen LogP contribution >= 0.6 is 0 Å². The average molecular weight is 294 g/mol.